The standard InChI is InChI=1S/C62H134N4/c1-11-13-15-17-19-21-23-25-27-29-31-33-35-37-39-47-55-63(3,4)57-49-41-43-51-59-65(7,8)61-53-45-46-54-62-66(9,10)60-52-44-42-50-58-64(5,6)56-48-40-38-36-34-32-30-28-26-24-22-20-18-16-14-12-2/h11-62H2,1-10H3/q+4. The van der Waals surface area contributed by atoms with Gasteiger partial charge < -0.3 is 17.9 Å². The summed E-state index contributed by atoms with van der Waals surface area (Å²) in [5.41, 5.74) is 0. The highest BCUT2D eigenvalue weighted by Gasteiger charge is 2.18. The van der Waals surface area contributed by atoms with E-state index in [-0.39, 0.29) is 0 Å². The fourth-order valence-electron chi connectivity index (χ4n) is 10.9. The Morgan fingerprint density at radius 2 is 0.227 bits per heavy atom. The van der Waals surface area contributed by atoms with Gasteiger partial charge in [0.15, 0.2) is 0 Å². The minimum Gasteiger partial charge on any atom is -0.328 e. The third-order valence-corrected chi connectivity index (χ3v) is 16.1. The molecule has 0 aromatic carbocycles. The van der Waals surface area contributed by atoms with Gasteiger partial charge in [-0.1, -0.05) is 194 Å². The molecule has 0 aliphatic rings. The number of quaternary nitrogens is 4. The van der Waals surface area contributed by atoms with Crippen molar-refractivity contribution in [2.24, 2.45) is 0 Å². The van der Waals surface area contributed by atoms with Gasteiger partial charge in [0.25, 0.3) is 0 Å². The molecule has 0 N–H and O–H groups in total. The van der Waals surface area contributed by atoms with Crippen LogP contribution in [-0.2, 0) is 0 Å². The number of nitrogens with zero attached hydrogens (tertiary/aromatic N) is 4. The first kappa shape index (κ1) is 65.8. The molecule has 0 aliphatic carbocycles. The smallest absolute Gasteiger partial charge is 0.0782 e. The fourth-order valence-corrected chi connectivity index (χ4v) is 10.9. The summed E-state index contributed by atoms with van der Waals surface area (Å²) in [7, 11) is 19.9. The van der Waals surface area contributed by atoms with Crippen molar-refractivity contribution in [1.82, 2.24) is 0 Å². The minimum atomic E-state index is 1.22. The number of rotatable bonds is 55. The normalized spacial score (nSPS) is 12.8. The Balaban J connectivity index is 3.66. The van der Waals surface area contributed by atoms with E-state index < -0.39 is 0 Å². The summed E-state index contributed by atoms with van der Waals surface area (Å²) in [6.45, 7) is 15.5. The Bertz CT molecular complexity index is 879. The van der Waals surface area contributed by atoms with Crippen LogP contribution in [0.1, 0.15) is 296 Å². The van der Waals surface area contributed by atoms with E-state index in [4.69, 9.17) is 0 Å². The zero-order valence-electron chi connectivity index (χ0n) is 48.6. The molecular weight excluding hydrogens is 801 g/mol. The van der Waals surface area contributed by atoms with Gasteiger partial charge in [-0.05, 0) is 103 Å². The van der Waals surface area contributed by atoms with E-state index in [9.17, 15) is 0 Å². The zero-order valence-corrected chi connectivity index (χ0v) is 48.6. The van der Waals surface area contributed by atoms with E-state index >= 15 is 0 Å². The molecule has 0 spiro atoms. The Kier molecular flexibility index (Phi) is 45.8. The second kappa shape index (κ2) is 45.9. The Morgan fingerprint density at radius 1 is 0.136 bits per heavy atom. The van der Waals surface area contributed by atoms with Crippen molar-refractivity contribution in [3.63, 3.8) is 0 Å². The first-order valence-electron chi connectivity index (χ1n) is 31.0. The van der Waals surface area contributed by atoms with Crippen LogP contribution in [0.25, 0.3) is 0 Å². The van der Waals surface area contributed by atoms with Crippen molar-refractivity contribution in [2.75, 3.05) is 109 Å². The first-order valence-corrected chi connectivity index (χ1v) is 31.0. The lowest BCUT2D eigenvalue weighted by Crippen LogP contribution is -2.42. The molecule has 0 aromatic rings. The van der Waals surface area contributed by atoms with Gasteiger partial charge >= 0.3 is 0 Å². The van der Waals surface area contributed by atoms with Gasteiger partial charge in [-0.3, -0.25) is 0 Å². The minimum absolute atomic E-state index is 1.22. The van der Waals surface area contributed by atoms with E-state index in [1.165, 1.54) is 353 Å². The van der Waals surface area contributed by atoms with Gasteiger partial charge in [0, 0.05) is 0 Å². The second-order valence-corrected chi connectivity index (χ2v) is 25.4. The molecule has 4 heteroatoms. The molecule has 0 atom stereocenters. The predicted molar refractivity (Wildman–Crippen MR) is 302 cm³/mol. The van der Waals surface area contributed by atoms with Crippen LogP contribution in [0.3, 0.4) is 0 Å². The van der Waals surface area contributed by atoms with Gasteiger partial charge in [0.05, 0.1) is 109 Å². The van der Waals surface area contributed by atoms with Crippen molar-refractivity contribution in [3.8, 4) is 0 Å². The highest BCUT2D eigenvalue weighted by molar-refractivity contribution is 4.54. The lowest BCUT2D eigenvalue weighted by molar-refractivity contribution is -0.891. The Hall–Kier alpha value is -0.160. The molecule has 0 bridgehead atoms. The molecule has 0 aliphatic heterocycles. The summed E-state index contributed by atoms with van der Waals surface area (Å²) in [5.74, 6) is 0. The summed E-state index contributed by atoms with van der Waals surface area (Å²) >= 11 is 0. The molecule has 0 aromatic heterocycles. The van der Waals surface area contributed by atoms with Crippen LogP contribution in [0, 0.1) is 0 Å². The largest absolute Gasteiger partial charge is 0.328 e. The van der Waals surface area contributed by atoms with E-state index in [1.54, 1.807) is 0 Å². The van der Waals surface area contributed by atoms with Gasteiger partial charge in [-0.2, -0.15) is 0 Å². The first-order chi connectivity index (χ1) is 31.7. The quantitative estimate of drug-likeness (QED) is 0.0421. The predicted octanol–water partition coefficient (Wildman–Crippen LogP) is 18.5. The molecule has 66 heavy (non-hydrogen) atoms. The molecule has 0 heterocycles. The summed E-state index contributed by atoms with van der Waals surface area (Å²) in [6.07, 6.45) is 63.7. The van der Waals surface area contributed by atoms with Crippen LogP contribution in [-0.4, -0.2) is 127 Å². The number of hydrogen-bond donors (Lipinski definition) is 0. The molecule has 0 saturated heterocycles. The third kappa shape index (κ3) is 50.2. The van der Waals surface area contributed by atoms with E-state index in [0.29, 0.717) is 0 Å². The van der Waals surface area contributed by atoms with Gasteiger partial charge in [-0.25, -0.2) is 0 Å². The van der Waals surface area contributed by atoms with Crippen LogP contribution in [0.5, 0.6) is 0 Å². The van der Waals surface area contributed by atoms with Crippen molar-refractivity contribution in [3.05, 3.63) is 0 Å². The van der Waals surface area contributed by atoms with Crippen LogP contribution < -0.4 is 0 Å². The van der Waals surface area contributed by atoms with Crippen molar-refractivity contribution < 1.29 is 17.9 Å². The van der Waals surface area contributed by atoms with Gasteiger partial charge in [0.2, 0.25) is 0 Å². The lowest BCUT2D eigenvalue weighted by Gasteiger charge is -2.31. The molecule has 0 radical (unpaired) electrons. The topological polar surface area (TPSA) is 0 Å². The molecule has 0 unspecified atom stereocenters. The summed E-state index contributed by atoms with van der Waals surface area (Å²) in [4.78, 5) is 0. The maximum Gasteiger partial charge on any atom is 0.0782 e. The van der Waals surface area contributed by atoms with Gasteiger partial charge in [-0.15, -0.1) is 0 Å². The number of unbranched alkanes of at least 4 members (excludes halogenated alkanes) is 39. The van der Waals surface area contributed by atoms with Gasteiger partial charge in [0.1, 0.15) is 0 Å². The Labute approximate surface area is 421 Å². The molecule has 4 nitrogen and oxygen atoms in total. The van der Waals surface area contributed by atoms with Crippen molar-refractivity contribution >= 4 is 0 Å². The van der Waals surface area contributed by atoms with Crippen LogP contribution in [0.4, 0.5) is 0 Å². The maximum absolute atomic E-state index is 2.49. The molecule has 0 amide bonds. The monoisotopic (exact) mass is 935 g/mol. The molecule has 0 fully saturated rings. The average Bonchev–Trinajstić information content (AvgIpc) is 3.26. The molecule has 0 rings (SSSR count). The SMILES string of the molecule is CCCCCCCCCCCCCCCCCC[N+](C)(C)CCCCCC[N+](C)(C)CCCCCC[N+](C)(C)CCCCCC[N+](C)(C)CCCCCCCCCCCCCCCCCC. The summed E-state index contributed by atoms with van der Waals surface area (Å²) in [5, 5.41) is 0. The highest BCUT2D eigenvalue weighted by Crippen LogP contribution is 2.18. The van der Waals surface area contributed by atoms with Crippen LogP contribution in [0.15, 0.2) is 0 Å². The Morgan fingerprint density at radius 3 is 0.333 bits per heavy atom. The summed E-state index contributed by atoms with van der Waals surface area (Å²) < 4.78 is 4.90. The molecule has 398 valence electrons. The molecule has 0 saturated carbocycles. The van der Waals surface area contributed by atoms with Crippen LogP contribution in [0.2, 0.25) is 0 Å². The summed E-state index contributed by atoms with van der Waals surface area (Å²) in [6, 6.07) is 0. The van der Waals surface area contributed by atoms with Crippen molar-refractivity contribution in [1.29, 1.82) is 0 Å². The number of hydrogen-bond acceptors (Lipinski definition) is 0. The van der Waals surface area contributed by atoms with Crippen LogP contribution >= 0.6 is 0 Å². The van der Waals surface area contributed by atoms with E-state index in [1.807, 2.05) is 0 Å². The lowest BCUT2D eigenvalue weighted by atomic mass is 10.0. The highest BCUT2D eigenvalue weighted by atomic mass is 15.3. The van der Waals surface area contributed by atoms with Crippen molar-refractivity contribution in [2.45, 2.75) is 296 Å². The van der Waals surface area contributed by atoms with E-state index in [2.05, 4.69) is 70.2 Å². The fraction of sp³-hybridized carbons (Fsp3) is 1.00. The third-order valence-electron chi connectivity index (χ3n) is 16.1. The average molecular weight is 936 g/mol. The molecular formula is C62H134N4+4. The van der Waals surface area contributed by atoms with E-state index in [0.717, 1.165) is 0 Å². The zero-order chi connectivity index (χ0) is 48.8. The second-order valence-electron chi connectivity index (χ2n) is 25.4. The maximum atomic E-state index is 2.49.